The van der Waals surface area contributed by atoms with Crippen molar-refractivity contribution in [2.45, 2.75) is 19.6 Å². The van der Waals surface area contributed by atoms with Gasteiger partial charge in [-0.1, -0.05) is 42.5 Å². The van der Waals surface area contributed by atoms with Gasteiger partial charge in [0, 0.05) is 24.4 Å². The van der Waals surface area contributed by atoms with Crippen LogP contribution in [0, 0.1) is 10.1 Å². The first-order valence-corrected chi connectivity index (χ1v) is 10.1. The van der Waals surface area contributed by atoms with Crippen molar-refractivity contribution in [3.05, 3.63) is 94.0 Å². The Bertz CT molecular complexity index is 1150. The molecule has 0 aliphatic rings. The van der Waals surface area contributed by atoms with E-state index in [2.05, 4.69) is 10.6 Å². The number of esters is 1. The Kier molecular flexibility index (Phi) is 7.59. The third-order valence-electron chi connectivity index (χ3n) is 4.78. The molecule has 0 fully saturated rings. The minimum absolute atomic E-state index is 0.0444. The van der Waals surface area contributed by atoms with Gasteiger partial charge in [0.05, 0.1) is 23.3 Å². The molecule has 3 aromatic carbocycles. The third-order valence-corrected chi connectivity index (χ3v) is 4.78. The average molecular weight is 449 g/mol. The lowest BCUT2D eigenvalue weighted by atomic mass is 10.1. The highest BCUT2D eigenvalue weighted by Crippen LogP contribution is 2.25. The normalized spacial score (nSPS) is 11.2. The molecular formula is C24H23N3O6. The molecule has 0 saturated carbocycles. The van der Waals surface area contributed by atoms with Crippen LogP contribution in [0.4, 0.5) is 17.1 Å². The molecule has 0 bridgehead atoms. The summed E-state index contributed by atoms with van der Waals surface area (Å²) in [4.78, 5) is 36.0. The van der Waals surface area contributed by atoms with Crippen LogP contribution >= 0.6 is 0 Å². The standard InChI is InChI=1S/C24H23N3O6/c1-16(23(28)26-21-10-6-7-11-22(21)32-2)33-24(29)19-14-18(27(30)31)12-13-20(19)25-15-17-8-4-3-5-9-17/h3-14,16,25H,15H2,1-2H3,(H,26,28). The van der Waals surface area contributed by atoms with Gasteiger partial charge >= 0.3 is 5.97 Å². The van der Waals surface area contributed by atoms with Crippen molar-refractivity contribution in [1.82, 2.24) is 0 Å². The zero-order valence-corrected chi connectivity index (χ0v) is 18.1. The largest absolute Gasteiger partial charge is 0.495 e. The summed E-state index contributed by atoms with van der Waals surface area (Å²) in [6.45, 7) is 1.81. The molecule has 3 rings (SSSR count). The first-order valence-electron chi connectivity index (χ1n) is 10.1. The molecule has 0 saturated heterocycles. The Morgan fingerprint density at radius 1 is 1.00 bits per heavy atom. The van der Waals surface area contributed by atoms with Gasteiger partial charge in [-0.2, -0.15) is 0 Å². The number of carbonyl (C=O) groups excluding carboxylic acids is 2. The average Bonchev–Trinajstić information content (AvgIpc) is 2.83. The van der Waals surface area contributed by atoms with Gasteiger partial charge in [0.2, 0.25) is 0 Å². The lowest BCUT2D eigenvalue weighted by Gasteiger charge is -2.17. The van der Waals surface area contributed by atoms with Crippen molar-refractivity contribution in [1.29, 1.82) is 0 Å². The van der Waals surface area contributed by atoms with Gasteiger partial charge in [-0.25, -0.2) is 4.79 Å². The highest BCUT2D eigenvalue weighted by Gasteiger charge is 2.24. The number of benzene rings is 3. The second kappa shape index (κ2) is 10.8. The number of ether oxygens (including phenoxy) is 2. The molecule has 9 heteroatoms. The van der Waals surface area contributed by atoms with Crippen molar-refractivity contribution >= 4 is 28.9 Å². The molecular weight excluding hydrogens is 426 g/mol. The van der Waals surface area contributed by atoms with E-state index >= 15 is 0 Å². The van der Waals surface area contributed by atoms with Crippen LogP contribution in [0.1, 0.15) is 22.8 Å². The van der Waals surface area contributed by atoms with Crippen molar-refractivity contribution in [3.63, 3.8) is 0 Å². The topological polar surface area (TPSA) is 120 Å². The van der Waals surface area contributed by atoms with Crippen LogP contribution < -0.4 is 15.4 Å². The monoisotopic (exact) mass is 449 g/mol. The minimum atomic E-state index is -1.16. The lowest BCUT2D eigenvalue weighted by molar-refractivity contribution is -0.384. The van der Waals surface area contributed by atoms with Crippen molar-refractivity contribution < 1.29 is 24.0 Å². The summed E-state index contributed by atoms with van der Waals surface area (Å²) in [5.41, 5.74) is 1.43. The second-order valence-corrected chi connectivity index (χ2v) is 7.06. The molecule has 0 aromatic heterocycles. The number of nitro groups is 1. The summed E-state index contributed by atoms with van der Waals surface area (Å²) >= 11 is 0. The highest BCUT2D eigenvalue weighted by molar-refractivity contribution is 6.00. The van der Waals surface area contributed by atoms with Gasteiger partial charge in [-0.3, -0.25) is 14.9 Å². The molecule has 170 valence electrons. The summed E-state index contributed by atoms with van der Waals surface area (Å²) in [6, 6.07) is 20.1. The fraction of sp³-hybridized carbons (Fsp3) is 0.167. The Hall–Kier alpha value is -4.40. The summed E-state index contributed by atoms with van der Waals surface area (Å²) in [5, 5.41) is 17.0. The predicted molar refractivity (Wildman–Crippen MR) is 123 cm³/mol. The Morgan fingerprint density at radius 2 is 1.70 bits per heavy atom. The maximum Gasteiger partial charge on any atom is 0.341 e. The molecule has 3 aromatic rings. The second-order valence-electron chi connectivity index (χ2n) is 7.06. The van der Waals surface area contributed by atoms with Crippen LogP contribution in [-0.2, 0) is 16.1 Å². The number of rotatable bonds is 9. The Morgan fingerprint density at radius 3 is 2.39 bits per heavy atom. The van der Waals surface area contributed by atoms with Gasteiger partial charge in [-0.05, 0) is 30.7 Å². The van der Waals surface area contributed by atoms with Crippen molar-refractivity contribution in [3.8, 4) is 5.75 Å². The maximum absolute atomic E-state index is 12.9. The number of para-hydroxylation sites is 2. The van der Waals surface area contributed by atoms with Crippen molar-refractivity contribution in [2.75, 3.05) is 17.7 Å². The number of hydrogen-bond donors (Lipinski definition) is 2. The van der Waals surface area contributed by atoms with E-state index in [0.29, 0.717) is 23.7 Å². The third kappa shape index (κ3) is 6.07. The Labute approximate surface area is 190 Å². The van der Waals surface area contributed by atoms with Gasteiger partial charge in [0.15, 0.2) is 6.10 Å². The molecule has 0 heterocycles. The van der Waals surface area contributed by atoms with Crippen LogP contribution in [-0.4, -0.2) is 30.0 Å². The fourth-order valence-corrected chi connectivity index (χ4v) is 3.02. The molecule has 2 N–H and O–H groups in total. The van der Waals surface area contributed by atoms with E-state index in [0.717, 1.165) is 11.6 Å². The highest BCUT2D eigenvalue weighted by atomic mass is 16.6. The molecule has 0 aliphatic heterocycles. The van der Waals surface area contributed by atoms with E-state index in [9.17, 15) is 19.7 Å². The zero-order valence-electron chi connectivity index (χ0n) is 18.1. The number of carbonyl (C=O) groups is 2. The first kappa shape index (κ1) is 23.3. The summed E-state index contributed by atoms with van der Waals surface area (Å²) in [7, 11) is 1.47. The first-order chi connectivity index (χ1) is 15.9. The van der Waals surface area contributed by atoms with E-state index in [1.807, 2.05) is 30.3 Å². The fourth-order valence-electron chi connectivity index (χ4n) is 3.02. The smallest absolute Gasteiger partial charge is 0.341 e. The maximum atomic E-state index is 12.9. The van der Waals surface area contributed by atoms with Crippen LogP contribution in [0.2, 0.25) is 0 Å². The predicted octanol–water partition coefficient (Wildman–Crippen LogP) is 4.40. The molecule has 0 radical (unpaired) electrons. The van der Waals surface area contributed by atoms with Gasteiger partial charge < -0.3 is 20.1 Å². The van der Waals surface area contributed by atoms with Gasteiger partial charge in [-0.15, -0.1) is 0 Å². The zero-order chi connectivity index (χ0) is 23.8. The molecule has 1 atom stereocenters. The van der Waals surface area contributed by atoms with Gasteiger partial charge in [0.1, 0.15) is 5.75 Å². The molecule has 1 amide bonds. The van der Waals surface area contributed by atoms with Gasteiger partial charge in [0.25, 0.3) is 11.6 Å². The van der Waals surface area contributed by atoms with Crippen LogP contribution in [0.5, 0.6) is 5.75 Å². The number of anilines is 2. The molecule has 0 spiro atoms. The number of nitrogens with zero attached hydrogens (tertiary/aromatic N) is 1. The van der Waals surface area contributed by atoms with E-state index in [-0.39, 0.29) is 11.3 Å². The number of nitro benzene ring substituents is 1. The summed E-state index contributed by atoms with van der Waals surface area (Å²) in [6.07, 6.45) is -1.16. The van der Waals surface area contributed by atoms with E-state index < -0.39 is 22.9 Å². The number of methoxy groups -OCH3 is 1. The number of hydrogen-bond acceptors (Lipinski definition) is 7. The van der Waals surface area contributed by atoms with Crippen LogP contribution in [0.3, 0.4) is 0 Å². The SMILES string of the molecule is COc1ccccc1NC(=O)C(C)OC(=O)c1cc([N+](=O)[O-])ccc1NCc1ccccc1. The molecule has 1 unspecified atom stereocenters. The molecule has 0 aliphatic carbocycles. The van der Waals surface area contributed by atoms with E-state index in [1.165, 1.54) is 26.2 Å². The van der Waals surface area contributed by atoms with E-state index in [1.54, 1.807) is 24.3 Å². The summed E-state index contributed by atoms with van der Waals surface area (Å²) in [5.74, 6) is -0.982. The van der Waals surface area contributed by atoms with Crippen molar-refractivity contribution in [2.24, 2.45) is 0 Å². The summed E-state index contributed by atoms with van der Waals surface area (Å²) < 4.78 is 10.5. The number of amides is 1. The minimum Gasteiger partial charge on any atom is -0.495 e. The van der Waals surface area contributed by atoms with Crippen LogP contribution in [0.25, 0.3) is 0 Å². The quantitative estimate of drug-likeness (QED) is 0.282. The van der Waals surface area contributed by atoms with E-state index in [4.69, 9.17) is 9.47 Å². The van der Waals surface area contributed by atoms with Crippen LogP contribution in [0.15, 0.2) is 72.8 Å². The number of non-ortho nitro benzene ring substituents is 1. The molecule has 33 heavy (non-hydrogen) atoms. The number of nitrogens with one attached hydrogen (secondary N) is 2. The molecule has 9 nitrogen and oxygen atoms in total. The Balaban J connectivity index is 1.75. The lowest BCUT2D eigenvalue weighted by Crippen LogP contribution is -2.30.